The monoisotopic (exact) mass is 401 g/mol. The largest absolute Gasteiger partial charge is 0.459 e. The summed E-state index contributed by atoms with van der Waals surface area (Å²) in [5, 5.41) is 0. The van der Waals surface area contributed by atoms with Crippen LogP contribution in [0.25, 0.3) is 0 Å². The molecule has 0 bridgehead atoms. The molecule has 2 aromatic carbocycles. The summed E-state index contributed by atoms with van der Waals surface area (Å²) >= 11 is 0. The van der Waals surface area contributed by atoms with E-state index in [-0.39, 0.29) is 28.8 Å². The maximum absolute atomic E-state index is 13.4. The molecule has 7 heteroatoms. The summed E-state index contributed by atoms with van der Waals surface area (Å²) < 4.78 is 44.0. The van der Waals surface area contributed by atoms with Crippen molar-refractivity contribution in [2.24, 2.45) is 0 Å². The molecular weight excluding hydrogens is 381 g/mol. The number of hydrogen-bond donors (Lipinski definition) is 0. The summed E-state index contributed by atoms with van der Waals surface area (Å²) in [5.41, 5.74) is 0.937. The van der Waals surface area contributed by atoms with Crippen molar-refractivity contribution in [1.29, 1.82) is 0 Å². The third kappa shape index (κ3) is 4.48. The number of carbonyl (C=O) groups excluding carboxylic acids is 1. The number of benzene rings is 2. The molecule has 0 fully saturated rings. The molecule has 3 aromatic rings. The topological polar surface area (TPSA) is 67.6 Å². The number of rotatable bonds is 7. The van der Waals surface area contributed by atoms with Crippen molar-refractivity contribution in [3.8, 4) is 0 Å². The third-order valence-corrected chi connectivity index (χ3v) is 6.00. The van der Waals surface area contributed by atoms with Crippen LogP contribution in [0.3, 0.4) is 0 Å². The van der Waals surface area contributed by atoms with E-state index in [0.29, 0.717) is 17.7 Å². The molecule has 1 aromatic heterocycles. The lowest BCUT2D eigenvalue weighted by molar-refractivity contribution is 0.0719. The highest BCUT2D eigenvalue weighted by atomic mass is 32.2. The molecule has 5 nitrogen and oxygen atoms in total. The van der Waals surface area contributed by atoms with Crippen LogP contribution in [0.4, 0.5) is 4.39 Å². The second-order valence-corrected chi connectivity index (χ2v) is 8.29. The lowest BCUT2D eigenvalue weighted by Crippen LogP contribution is -2.30. The molecule has 0 spiro atoms. The predicted octanol–water partition coefficient (Wildman–Crippen LogP) is 4.05. The lowest BCUT2D eigenvalue weighted by Gasteiger charge is -2.20. The first kappa shape index (κ1) is 19.8. The van der Waals surface area contributed by atoms with E-state index in [1.807, 2.05) is 0 Å². The van der Waals surface area contributed by atoms with Gasteiger partial charge in [0, 0.05) is 18.7 Å². The molecule has 28 heavy (non-hydrogen) atoms. The zero-order valence-electron chi connectivity index (χ0n) is 15.3. The quantitative estimate of drug-likeness (QED) is 0.599. The Bertz CT molecular complexity index is 1060. The van der Waals surface area contributed by atoms with Gasteiger partial charge in [-0.2, -0.15) is 0 Å². The molecule has 1 heterocycles. The van der Waals surface area contributed by atoms with Gasteiger partial charge < -0.3 is 9.32 Å². The van der Waals surface area contributed by atoms with E-state index < -0.39 is 15.7 Å². The second kappa shape index (κ2) is 8.39. The van der Waals surface area contributed by atoms with E-state index in [2.05, 4.69) is 0 Å². The summed E-state index contributed by atoms with van der Waals surface area (Å²) in [7, 11) is -3.62. The number of hydrogen-bond acceptors (Lipinski definition) is 4. The smallest absolute Gasteiger partial charge is 0.290 e. The van der Waals surface area contributed by atoms with Crippen LogP contribution in [0.5, 0.6) is 0 Å². The summed E-state index contributed by atoms with van der Waals surface area (Å²) in [6.07, 6.45) is 1.30. The molecule has 3 rings (SSSR count). The van der Waals surface area contributed by atoms with Crippen molar-refractivity contribution < 1.29 is 22.0 Å². The molecule has 0 atom stereocenters. The van der Waals surface area contributed by atoms with E-state index in [1.54, 1.807) is 37.3 Å². The highest BCUT2D eigenvalue weighted by molar-refractivity contribution is 7.90. The van der Waals surface area contributed by atoms with Gasteiger partial charge in [-0.3, -0.25) is 4.79 Å². The highest BCUT2D eigenvalue weighted by Gasteiger charge is 2.25. The van der Waals surface area contributed by atoms with Crippen LogP contribution in [-0.2, 0) is 22.1 Å². The van der Waals surface area contributed by atoms with Crippen LogP contribution in [-0.4, -0.2) is 25.8 Å². The third-order valence-electron chi connectivity index (χ3n) is 4.32. The minimum Gasteiger partial charge on any atom is -0.459 e. The van der Waals surface area contributed by atoms with Gasteiger partial charge in [-0.25, -0.2) is 12.8 Å². The van der Waals surface area contributed by atoms with Crippen LogP contribution in [0, 0.1) is 5.82 Å². The zero-order chi connectivity index (χ0) is 20.1. The Kier molecular flexibility index (Phi) is 5.94. The molecule has 0 aliphatic rings. The van der Waals surface area contributed by atoms with Crippen molar-refractivity contribution in [1.82, 2.24) is 4.90 Å². The molecular formula is C21H20FNO4S. The Morgan fingerprint density at radius 1 is 1.07 bits per heavy atom. The van der Waals surface area contributed by atoms with E-state index in [0.717, 1.165) is 0 Å². The first-order valence-corrected chi connectivity index (χ1v) is 10.4. The van der Waals surface area contributed by atoms with Crippen LogP contribution >= 0.6 is 0 Å². The average molecular weight is 401 g/mol. The molecule has 0 aliphatic carbocycles. The Morgan fingerprint density at radius 2 is 1.82 bits per heavy atom. The van der Waals surface area contributed by atoms with Crippen molar-refractivity contribution in [2.45, 2.75) is 24.1 Å². The summed E-state index contributed by atoms with van der Waals surface area (Å²) in [5.74, 6) is -1.17. The van der Waals surface area contributed by atoms with Gasteiger partial charge in [0.15, 0.2) is 15.6 Å². The zero-order valence-corrected chi connectivity index (χ0v) is 16.2. The van der Waals surface area contributed by atoms with Crippen LogP contribution in [0.2, 0.25) is 0 Å². The number of carbonyl (C=O) groups is 1. The Labute approximate surface area is 163 Å². The predicted molar refractivity (Wildman–Crippen MR) is 103 cm³/mol. The van der Waals surface area contributed by atoms with Gasteiger partial charge in [0.05, 0.1) is 16.9 Å². The van der Waals surface area contributed by atoms with Crippen LogP contribution < -0.4 is 0 Å². The number of furan rings is 1. The minimum atomic E-state index is -3.62. The Morgan fingerprint density at radius 3 is 2.50 bits per heavy atom. The first-order valence-electron chi connectivity index (χ1n) is 8.78. The van der Waals surface area contributed by atoms with Gasteiger partial charge in [0.25, 0.3) is 5.91 Å². The summed E-state index contributed by atoms with van der Waals surface area (Å²) in [6, 6.07) is 15.5. The molecule has 0 radical (unpaired) electrons. The summed E-state index contributed by atoms with van der Waals surface area (Å²) in [4.78, 5) is 14.6. The van der Waals surface area contributed by atoms with Crippen LogP contribution in [0.15, 0.2) is 76.2 Å². The minimum absolute atomic E-state index is 0.0160. The fourth-order valence-electron chi connectivity index (χ4n) is 2.88. The fraction of sp³-hybridized carbons (Fsp3) is 0.190. The van der Waals surface area contributed by atoms with Crippen molar-refractivity contribution in [3.63, 3.8) is 0 Å². The standard InChI is InChI=1S/C21H20FNO4S/c1-2-23(14-16-7-6-8-18(22)13-16)21(24)20-17(11-12-27-20)15-28(25,26)19-9-4-3-5-10-19/h3-13H,2,14-15H2,1H3. The van der Waals surface area contributed by atoms with Crippen molar-refractivity contribution >= 4 is 15.7 Å². The Balaban J connectivity index is 1.82. The number of halogens is 1. The van der Waals surface area contributed by atoms with Gasteiger partial charge in [0.2, 0.25) is 0 Å². The van der Waals surface area contributed by atoms with Gasteiger partial charge in [-0.15, -0.1) is 0 Å². The molecule has 0 saturated carbocycles. The van der Waals surface area contributed by atoms with Gasteiger partial charge >= 0.3 is 0 Å². The fourth-order valence-corrected chi connectivity index (χ4v) is 4.25. The van der Waals surface area contributed by atoms with Crippen LogP contribution in [0.1, 0.15) is 28.6 Å². The lowest BCUT2D eigenvalue weighted by atomic mass is 10.2. The second-order valence-electron chi connectivity index (χ2n) is 6.30. The van der Waals surface area contributed by atoms with Crippen molar-refractivity contribution in [2.75, 3.05) is 6.54 Å². The van der Waals surface area contributed by atoms with E-state index >= 15 is 0 Å². The molecule has 1 amide bonds. The molecule has 0 unspecified atom stereocenters. The highest BCUT2D eigenvalue weighted by Crippen LogP contribution is 2.22. The molecule has 146 valence electrons. The molecule has 0 saturated heterocycles. The van der Waals surface area contributed by atoms with E-state index in [4.69, 9.17) is 4.42 Å². The average Bonchev–Trinajstić information content (AvgIpc) is 3.13. The van der Waals surface area contributed by atoms with Gasteiger partial charge in [-0.05, 0) is 42.8 Å². The SMILES string of the molecule is CCN(Cc1cccc(F)c1)C(=O)c1occc1CS(=O)(=O)c1ccccc1. The van der Waals surface area contributed by atoms with E-state index in [9.17, 15) is 17.6 Å². The number of amides is 1. The van der Waals surface area contributed by atoms with Gasteiger partial charge in [0.1, 0.15) is 5.82 Å². The first-order chi connectivity index (χ1) is 13.4. The maximum atomic E-state index is 13.4. The normalized spacial score (nSPS) is 11.4. The number of nitrogens with zero attached hydrogens (tertiary/aromatic N) is 1. The molecule has 0 N–H and O–H groups in total. The van der Waals surface area contributed by atoms with E-state index in [1.165, 1.54) is 41.5 Å². The number of sulfone groups is 1. The van der Waals surface area contributed by atoms with Crippen molar-refractivity contribution in [3.05, 3.63) is 89.6 Å². The van der Waals surface area contributed by atoms with Gasteiger partial charge in [-0.1, -0.05) is 30.3 Å². The summed E-state index contributed by atoms with van der Waals surface area (Å²) in [6.45, 7) is 2.35. The maximum Gasteiger partial charge on any atom is 0.290 e. The molecule has 0 aliphatic heterocycles. The Hall–Kier alpha value is -2.93.